The lowest BCUT2D eigenvalue weighted by Crippen LogP contribution is -2.31. The molecule has 0 aliphatic heterocycles. The zero-order chi connectivity index (χ0) is 21.8. The van der Waals surface area contributed by atoms with Crippen molar-refractivity contribution in [1.82, 2.24) is 15.2 Å². The van der Waals surface area contributed by atoms with Crippen LogP contribution in [0.15, 0.2) is 48.5 Å². The van der Waals surface area contributed by atoms with Crippen molar-refractivity contribution in [2.24, 2.45) is 11.8 Å². The monoisotopic (exact) mass is 466 g/mol. The molecule has 0 spiro atoms. The summed E-state index contributed by atoms with van der Waals surface area (Å²) in [5, 5.41) is 6.23. The molecule has 164 valence electrons. The van der Waals surface area contributed by atoms with Gasteiger partial charge in [0.15, 0.2) is 5.69 Å². The molecule has 4 aliphatic carbocycles. The van der Waals surface area contributed by atoms with Crippen LogP contribution in [-0.2, 0) is 0 Å². The Bertz CT molecular complexity index is 1160. The molecule has 1 heterocycles. The van der Waals surface area contributed by atoms with Gasteiger partial charge in [-0.05, 0) is 98.4 Å². The van der Waals surface area contributed by atoms with Gasteiger partial charge in [0.2, 0.25) is 0 Å². The molecule has 0 saturated heterocycles. The number of nitrogens with one attached hydrogen (secondary N) is 2. The van der Waals surface area contributed by atoms with Crippen LogP contribution in [0.5, 0.6) is 0 Å². The fourth-order valence-electron chi connectivity index (χ4n) is 6.22. The fraction of sp³-hybridized carbons (Fsp3) is 0.360. The van der Waals surface area contributed by atoms with Crippen molar-refractivity contribution >= 4 is 34.8 Å². The van der Waals surface area contributed by atoms with E-state index in [1.54, 1.807) is 12.1 Å². The smallest absolute Gasteiger partial charge is 0.290 e. The molecule has 2 fully saturated rings. The minimum Gasteiger partial charge on any atom is -0.298 e. The van der Waals surface area contributed by atoms with Crippen LogP contribution in [-0.4, -0.2) is 15.7 Å². The number of hydrogen-bond donors (Lipinski definition) is 2. The van der Waals surface area contributed by atoms with E-state index in [4.69, 9.17) is 28.3 Å². The van der Waals surface area contributed by atoms with Crippen LogP contribution in [0.1, 0.15) is 65.7 Å². The number of rotatable bonds is 4. The van der Waals surface area contributed by atoms with Crippen LogP contribution in [0.2, 0.25) is 10.0 Å². The van der Waals surface area contributed by atoms with Crippen LogP contribution in [0.4, 0.5) is 5.69 Å². The Morgan fingerprint density at radius 3 is 2.09 bits per heavy atom. The van der Waals surface area contributed by atoms with Crippen molar-refractivity contribution < 1.29 is 4.79 Å². The molecule has 3 aromatic rings. The minimum atomic E-state index is -0.204. The van der Waals surface area contributed by atoms with Crippen molar-refractivity contribution in [2.45, 2.75) is 43.9 Å². The Kier molecular flexibility index (Phi) is 4.92. The molecule has 0 radical (unpaired) electrons. The average Bonchev–Trinajstić information content (AvgIpc) is 3.10. The van der Waals surface area contributed by atoms with Gasteiger partial charge in [-0.2, -0.15) is 5.10 Å². The molecular weight excluding hydrogens is 443 g/mol. The van der Waals surface area contributed by atoms with Gasteiger partial charge in [-0.25, -0.2) is 4.68 Å². The lowest BCUT2D eigenvalue weighted by molar-refractivity contribution is 0.0954. The molecule has 7 heteroatoms. The number of anilines is 1. The molecule has 1 amide bonds. The summed E-state index contributed by atoms with van der Waals surface area (Å²) < 4.78 is 2.01. The van der Waals surface area contributed by atoms with Gasteiger partial charge in [0, 0.05) is 21.5 Å². The normalized spacial score (nSPS) is 25.3. The topological polar surface area (TPSA) is 59.0 Å². The second-order valence-electron chi connectivity index (χ2n) is 9.43. The number of carbonyl (C=O) groups excluding carboxylic acids is 1. The van der Waals surface area contributed by atoms with Crippen molar-refractivity contribution in [2.75, 3.05) is 5.43 Å². The third kappa shape index (κ3) is 3.48. The highest BCUT2D eigenvalue weighted by Gasteiger charge is 2.46. The van der Waals surface area contributed by atoms with Crippen LogP contribution in [0.25, 0.3) is 5.69 Å². The third-order valence-corrected chi connectivity index (χ3v) is 7.85. The molecule has 4 aliphatic rings. The molecule has 2 atom stereocenters. The van der Waals surface area contributed by atoms with Crippen molar-refractivity contribution in [1.29, 1.82) is 0 Å². The van der Waals surface area contributed by atoms with Crippen molar-refractivity contribution in [3.8, 4) is 5.69 Å². The Labute approximate surface area is 197 Å². The first-order chi connectivity index (χ1) is 15.5. The van der Waals surface area contributed by atoms with Gasteiger partial charge >= 0.3 is 0 Å². The van der Waals surface area contributed by atoms with Crippen LogP contribution >= 0.6 is 23.2 Å². The lowest BCUT2D eigenvalue weighted by atomic mass is 9.67. The van der Waals surface area contributed by atoms with Gasteiger partial charge in [-0.15, -0.1) is 0 Å². The van der Waals surface area contributed by atoms with E-state index in [1.165, 1.54) is 25.0 Å². The highest BCUT2D eigenvalue weighted by atomic mass is 35.5. The first kappa shape index (κ1) is 20.1. The molecule has 2 saturated carbocycles. The van der Waals surface area contributed by atoms with E-state index in [9.17, 15) is 4.79 Å². The number of carbonyl (C=O) groups is 1. The summed E-state index contributed by atoms with van der Waals surface area (Å²) in [5.74, 6) is 2.16. The Hall–Kier alpha value is -2.50. The van der Waals surface area contributed by atoms with E-state index >= 15 is 0 Å². The molecule has 2 N–H and O–H groups in total. The predicted molar refractivity (Wildman–Crippen MR) is 127 cm³/mol. The lowest BCUT2D eigenvalue weighted by Gasteiger charge is -2.38. The highest BCUT2D eigenvalue weighted by Crippen LogP contribution is 2.57. The maximum Gasteiger partial charge on any atom is 0.290 e. The summed E-state index contributed by atoms with van der Waals surface area (Å²) in [7, 11) is 0. The molecular formula is C25H24Cl2N4O. The standard InChI is InChI=1S/C25H24Cl2N4O/c26-18-1-5-20(6-2-18)28-29-25(32)23-22-16-10-14-9-15(11-16)13-17(12-14)24(22)31(30-23)21-7-3-19(27)4-8-21/h1-8,14-17,28H,9-13H2,(H,29,32). The summed E-state index contributed by atoms with van der Waals surface area (Å²) in [4.78, 5) is 13.4. The van der Waals surface area contributed by atoms with Gasteiger partial charge in [-0.3, -0.25) is 15.6 Å². The maximum absolute atomic E-state index is 13.4. The van der Waals surface area contributed by atoms with Gasteiger partial charge in [-0.1, -0.05) is 23.2 Å². The number of hydrazine groups is 1. The number of nitrogens with zero attached hydrogens (tertiary/aromatic N) is 2. The van der Waals surface area contributed by atoms with Crippen molar-refractivity contribution in [3.63, 3.8) is 0 Å². The minimum absolute atomic E-state index is 0.204. The summed E-state index contributed by atoms with van der Waals surface area (Å²) in [6.07, 6.45) is 6.06. The van der Waals surface area contributed by atoms with Crippen molar-refractivity contribution in [3.05, 3.63) is 75.5 Å². The van der Waals surface area contributed by atoms with Gasteiger partial charge in [0.1, 0.15) is 0 Å². The average molecular weight is 467 g/mol. The van der Waals surface area contributed by atoms with E-state index in [0.717, 1.165) is 41.6 Å². The second kappa shape index (κ2) is 7.82. The molecule has 7 rings (SSSR count). The van der Waals surface area contributed by atoms with E-state index < -0.39 is 0 Å². The molecule has 4 bridgehead atoms. The zero-order valence-corrected chi connectivity index (χ0v) is 19.0. The molecule has 5 nitrogen and oxygen atoms in total. The Morgan fingerprint density at radius 2 is 1.44 bits per heavy atom. The quantitative estimate of drug-likeness (QED) is 0.441. The first-order valence-corrected chi connectivity index (χ1v) is 12.0. The summed E-state index contributed by atoms with van der Waals surface area (Å²) in [6, 6.07) is 15.0. The molecule has 2 unspecified atom stereocenters. The van der Waals surface area contributed by atoms with E-state index in [-0.39, 0.29) is 5.91 Å². The largest absolute Gasteiger partial charge is 0.298 e. The highest BCUT2D eigenvalue weighted by molar-refractivity contribution is 6.30. The maximum atomic E-state index is 13.4. The second-order valence-corrected chi connectivity index (χ2v) is 10.3. The summed E-state index contributed by atoms with van der Waals surface area (Å²) in [5.41, 5.74) is 10.5. The predicted octanol–water partition coefficient (Wildman–Crippen LogP) is 6.33. The van der Waals surface area contributed by atoms with Crippen LogP contribution in [0.3, 0.4) is 0 Å². The Morgan fingerprint density at radius 1 is 0.844 bits per heavy atom. The van der Waals surface area contributed by atoms with E-state index in [1.807, 2.05) is 41.1 Å². The molecule has 32 heavy (non-hydrogen) atoms. The summed E-state index contributed by atoms with van der Waals surface area (Å²) >= 11 is 12.1. The third-order valence-electron chi connectivity index (χ3n) is 7.34. The zero-order valence-electron chi connectivity index (χ0n) is 17.5. The molecule has 1 aromatic heterocycles. The molecule has 2 aromatic carbocycles. The van der Waals surface area contributed by atoms with E-state index in [2.05, 4.69) is 10.9 Å². The SMILES string of the molecule is O=C(NNc1ccc(Cl)cc1)c1nn(-c2ccc(Cl)cc2)c2c1C1CC3CC(C1)CC2C3. The number of benzene rings is 2. The number of aromatic nitrogens is 2. The first-order valence-electron chi connectivity index (χ1n) is 11.3. The summed E-state index contributed by atoms with van der Waals surface area (Å²) in [6.45, 7) is 0. The number of amides is 1. The fourth-order valence-corrected chi connectivity index (χ4v) is 6.47. The Balaban J connectivity index is 1.40. The van der Waals surface area contributed by atoms with E-state index in [0.29, 0.717) is 27.6 Å². The van der Waals surface area contributed by atoms with Gasteiger partial charge in [0.25, 0.3) is 5.91 Å². The number of hydrogen-bond acceptors (Lipinski definition) is 3. The van der Waals surface area contributed by atoms with Crippen LogP contribution in [0, 0.1) is 11.8 Å². The van der Waals surface area contributed by atoms with Crippen LogP contribution < -0.4 is 10.9 Å². The van der Waals surface area contributed by atoms with Gasteiger partial charge < -0.3 is 0 Å². The van der Waals surface area contributed by atoms with Gasteiger partial charge in [0.05, 0.1) is 17.1 Å². The number of halogens is 2.